The highest BCUT2D eigenvalue weighted by Crippen LogP contribution is 2.50. The smallest absolute Gasteiger partial charge is 0.198 e. The van der Waals surface area contributed by atoms with Gasteiger partial charge >= 0.3 is 0 Å². The van der Waals surface area contributed by atoms with Gasteiger partial charge in [0.2, 0.25) is 0 Å². The number of fused-ring (bicyclic) bond motifs is 8. The molecule has 6 aromatic carbocycles. The summed E-state index contributed by atoms with van der Waals surface area (Å²) in [5.41, 5.74) is 21.3. The molecule has 9 rings (SSSR count). The zero-order valence-corrected chi connectivity index (χ0v) is 31.5. The molecule has 0 bridgehead atoms. The second-order valence-corrected chi connectivity index (χ2v) is 17.6. The van der Waals surface area contributed by atoms with Gasteiger partial charge in [-0.2, -0.15) is 0 Å². The Kier molecular flexibility index (Phi) is 6.73. The number of aryl methyl sites for hydroxylation is 1. The van der Waals surface area contributed by atoms with E-state index in [1.165, 1.54) is 88.5 Å². The average molecular weight is 663 g/mol. The normalized spacial score (nSPS) is 14.3. The molecule has 7 aromatic rings. The second kappa shape index (κ2) is 10.7. The fourth-order valence-electron chi connectivity index (χ4n) is 8.97. The lowest BCUT2D eigenvalue weighted by Crippen LogP contribution is -2.38. The lowest BCUT2D eigenvalue weighted by Gasteiger charge is -2.27. The van der Waals surface area contributed by atoms with Gasteiger partial charge < -0.3 is 9.88 Å². The lowest BCUT2D eigenvalue weighted by atomic mass is 9.58. The summed E-state index contributed by atoms with van der Waals surface area (Å²) in [6.07, 6.45) is 0. The molecule has 0 fully saturated rings. The summed E-state index contributed by atoms with van der Waals surface area (Å²) in [5, 5.41) is 6.55. The van der Waals surface area contributed by atoms with Crippen molar-refractivity contribution in [3.8, 4) is 27.9 Å². The summed E-state index contributed by atoms with van der Waals surface area (Å²) in [6.45, 7) is 20.9. The standard InChI is InChI=1S/C48H47BN2/c1-28-24-35(33-15-11-13-17-40(33)50-31-21-18-29(19-22-31)46(2,3)4)44-45-43(28)36-25-30(47(5,6)7)20-23-41(36)51(45)42-26-34-32-14-10-12-16-37(32)48(8,9)38(34)27-39(42)49-44/h10-27,49-50H,1-9H3. The number of rotatable bonds is 3. The Labute approximate surface area is 303 Å². The van der Waals surface area contributed by atoms with Crippen molar-refractivity contribution in [1.82, 2.24) is 4.57 Å². The van der Waals surface area contributed by atoms with Gasteiger partial charge in [-0.15, -0.1) is 0 Å². The molecule has 51 heavy (non-hydrogen) atoms. The number of anilines is 2. The molecule has 1 aliphatic carbocycles. The van der Waals surface area contributed by atoms with Crippen LogP contribution in [0.4, 0.5) is 11.4 Å². The van der Waals surface area contributed by atoms with Gasteiger partial charge in [0.15, 0.2) is 7.28 Å². The summed E-state index contributed by atoms with van der Waals surface area (Å²) in [6, 6.07) is 41.5. The first-order valence-electron chi connectivity index (χ1n) is 18.6. The first-order chi connectivity index (χ1) is 24.2. The summed E-state index contributed by atoms with van der Waals surface area (Å²) in [5.74, 6) is 0. The van der Waals surface area contributed by atoms with Crippen LogP contribution in [0.3, 0.4) is 0 Å². The van der Waals surface area contributed by atoms with E-state index in [2.05, 4.69) is 181 Å². The third-order valence-electron chi connectivity index (χ3n) is 11.8. The molecule has 0 saturated carbocycles. The van der Waals surface area contributed by atoms with Crippen LogP contribution in [0.2, 0.25) is 0 Å². The first-order valence-corrected chi connectivity index (χ1v) is 18.6. The van der Waals surface area contributed by atoms with E-state index >= 15 is 0 Å². The van der Waals surface area contributed by atoms with Crippen LogP contribution in [0.25, 0.3) is 49.7 Å². The van der Waals surface area contributed by atoms with Crippen molar-refractivity contribution in [3.63, 3.8) is 0 Å². The topological polar surface area (TPSA) is 17.0 Å². The Bertz CT molecular complexity index is 2570. The van der Waals surface area contributed by atoms with Crippen LogP contribution >= 0.6 is 0 Å². The number of nitrogens with one attached hydrogen (secondary N) is 1. The van der Waals surface area contributed by atoms with Gasteiger partial charge in [-0.3, -0.25) is 0 Å². The van der Waals surface area contributed by atoms with E-state index < -0.39 is 0 Å². The largest absolute Gasteiger partial charge is 0.355 e. The van der Waals surface area contributed by atoms with Crippen molar-refractivity contribution in [3.05, 3.63) is 137 Å². The van der Waals surface area contributed by atoms with Gasteiger partial charge in [-0.25, -0.2) is 0 Å². The minimum absolute atomic E-state index is 0.0495. The van der Waals surface area contributed by atoms with Gasteiger partial charge in [-0.05, 0) is 104 Å². The number of para-hydroxylation sites is 1. The van der Waals surface area contributed by atoms with E-state index in [4.69, 9.17) is 0 Å². The number of benzene rings is 6. The second-order valence-electron chi connectivity index (χ2n) is 17.6. The summed E-state index contributed by atoms with van der Waals surface area (Å²) in [7, 11) is 0.887. The molecule has 2 aliphatic rings. The number of aromatic nitrogens is 1. The maximum absolute atomic E-state index is 3.82. The lowest BCUT2D eigenvalue weighted by molar-refractivity contribution is 0.590. The van der Waals surface area contributed by atoms with Gasteiger partial charge in [0, 0.05) is 44.3 Å². The molecular weight excluding hydrogens is 615 g/mol. The maximum atomic E-state index is 3.82. The van der Waals surface area contributed by atoms with Gasteiger partial charge in [-0.1, -0.05) is 134 Å². The van der Waals surface area contributed by atoms with Gasteiger partial charge in [0.25, 0.3) is 0 Å². The van der Waals surface area contributed by atoms with Crippen LogP contribution in [-0.4, -0.2) is 11.8 Å². The van der Waals surface area contributed by atoms with E-state index in [1.807, 2.05) is 0 Å². The average Bonchev–Trinajstić information content (AvgIpc) is 3.55. The molecule has 252 valence electrons. The van der Waals surface area contributed by atoms with Crippen LogP contribution in [0.15, 0.2) is 109 Å². The molecule has 2 heterocycles. The van der Waals surface area contributed by atoms with Crippen molar-refractivity contribution >= 4 is 51.4 Å². The number of hydrogen-bond donors (Lipinski definition) is 1. The summed E-state index contributed by atoms with van der Waals surface area (Å²) >= 11 is 0. The monoisotopic (exact) mass is 662 g/mol. The zero-order valence-electron chi connectivity index (χ0n) is 31.5. The summed E-state index contributed by atoms with van der Waals surface area (Å²) < 4.78 is 2.61. The quantitative estimate of drug-likeness (QED) is 0.186. The molecule has 1 aliphatic heterocycles. The van der Waals surface area contributed by atoms with Crippen LogP contribution in [-0.2, 0) is 16.2 Å². The van der Waals surface area contributed by atoms with E-state index in [-0.39, 0.29) is 16.2 Å². The van der Waals surface area contributed by atoms with Crippen molar-refractivity contribution in [1.29, 1.82) is 0 Å². The van der Waals surface area contributed by atoms with Crippen LogP contribution < -0.4 is 16.2 Å². The first kappa shape index (κ1) is 31.9. The molecule has 0 radical (unpaired) electrons. The highest BCUT2D eigenvalue weighted by molar-refractivity contribution is 6.73. The molecule has 0 spiro atoms. The maximum Gasteiger partial charge on any atom is 0.198 e. The van der Waals surface area contributed by atoms with Crippen LogP contribution in [0.5, 0.6) is 0 Å². The highest BCUT2D eigenvalue weighted by Gasteiger charge is 2.38. The Morgan fingerprint density at radius 3 is 2.02 bits per heavy atom. The van der Waals surface area contributed by atoms with E-state index in [0.717, 1.165) is 18.7 Å². The van der Waals surface area contributed by atoms with Crippen molar-refractivity contribution in [2.24, 2.45) is 0 Å². The number of nitrogens with zero attached hydrogens (tertiary/aromatic N) is 1. The Balaban J connectivity index is 1.30. The molecule has 0 saturated heterocycles. The summed E-state index contributed by atoms with van der Waals surface area (Å²) in [4.78, 5) is 0. The fourth-order valence-corrected chi connectivity index (χ4v) is 8.97. The minimum atomic E-state index is -0.0495. The Hall–Kier alpha value is -5.02. The van der Waals surface area contributed by atoms with E-state index in [9.17, 15) is 0 Å². The molecule has 3 heteroatoms. The third kappa shape index (κ3) is 4.77. The highest BCUT2D eigenvalue weighted by atomic mass is 15.0. The molecule has 1 N–H and O–H groups in total. The molecule has 2 nitrogen and oxygen atoms in total. The predicted octanol–water partition coefficient (Wildman–Crippen LogP) is 11.1. The number of hydrogen-bond acceptors (Lipinski definition) is 1. The van der Waals surface area contributed by atoms with Crippen LogP contribution in [0.1, 0.15) is 83.2 Å². The van der Waals surface area contributed by atoms with Gasteiger partial charge in [0.1, 0.15) is 0 Å². The van der Waals surface area contributed by atoms with Crippen LogP contribution in [0, 0.1) is 6.92 Å². The van der Waals surface area contributed by atoms with Crippen molar-refractivity contribution in [2.75, 3.05) is 5.32 Å². The Morgan fingerprint density at radius 2 is 1.29 bits per heavy atom. The predicted molar refractivity (Wildman–Crippen MR) is 222 cm³/mol. The fraction of sp³-hybridized carbons (Fsp3) is 0.250. The Morgan fingerprint density at radius 1 is 0.627 bits per heavy atom. The van der Waals surface area contributed by atoms with E-state index in [0.29, 0.717) is 0 Å². The SMILES string of the molecule is Cc1cc(-c2ccccc2Nc2ccc(C(C)(C)C)cc2)c2c3c1c1cc(C(C)(C)C)ccc1n3-c1cc3c(cc1B2)C(C)(C)c1ccccc1-3. The zero-order chi connectivity index (χ0) is 35.6. The molecule has 0 unspecified atom stereocenters. The molecular formula is C48H47BN2. The van der Waals surface area contributed by atoms with Gasteiger partial charge in [0.05, 0.1) is 5.52 Å². The third-order valence-corrected chi connectivity index (χ3v) is 11.8. The molecule has 0 atom stereocenters. The van der Waals surface area contributed by atoms with Crippen molar-refractivity contribution < 1.29 is 0 Å². The molecule has 0 amide bonds. The minimum Gasteiger partial charge on any atom is -0.355 e. The molecule has 1 aromatic heterocycles. The van der Waals surface area contributed by atoms with E-state index in [1.54, 1.807) is 0 Å². The van der Waals surface area contributed by atoms with Crippen molar-refractivity contribution in [2.45, 2.75) is 78.6 Å².